The van der Waals surface area contributed by atoms with Gasteiger partial charge in [0.05, 0.1) is 30.0 Å². The van der Waals surface area contributed by atoms with Crippen molar-refractivity contribution in [3.8, 4) is 11.6 Å². The molecule has 1 aliphatic carbocycles. The van der Waals surface area contributed by atoms with E-state index >= 15 is 0 Å². The van der Waals surface area contributed by atoms with Crippen molar-refractivity contribution in [2.24, 2.45) is 0 Å². The quantitative estimate of drug-likeness (QED) is 0.311. The van der Waals surface area contributed by atoms with Crippen LogP contribution < -0.4 is 14.2 Å². The topological polar surface area (TPSA) is 107 Å². The first-order valence-corrected chi connectivity index (χ1v) is 14.6. The van der Waals surface area contributed by atoms with Gasteiger partial charge in [0.15, 0.2) is 0 Å². The van der Waals surface area contributed by atoms with Crippen LogP contribution in [0.3, 0.4) is 0 Å². The molecule has 1 N–H and O–H groups in total. The number of hydrogen-bond donors (Lipinski definition) is 1. The third kappa shape index (κ3) is 4.68. The van der Waals surface area contributed by atoms with Crippen LogP contribution in [0.25, 0.3) is 10.9 Å². The van der Waals surface area contributed by atoms with Crippen LogP contribution in [0.4, 0.5) is 0 Å². The predicted molar refractivity (Wildman–Crippen MR) is 153 cm³/mol. The number of fused-ring (bicyclic) bond motifs is 1. The number of carbonyl (C=O) groups excluding carboxylic acids is 1. The molecule has 1 aliphatic rings. The Labute approximate surface area is 234 Å². The lowest BCUT2D eigenvalue weighted by atomic mass is 9.88. The van der Waals surface area contributed by atoms with E-state index in [9.17, 15) is 13.2 Å². The third-order valence-corrected chi connectivity index (χ3v) is 9.01. The zero-order chi connectivity index (χ0) is 28.8. The van der Waals surface area contributed by atoms with Crippen molar-refractivity contribution >= 4 is 26.8 Å². The van der Waals surface area contributed by atoms with Crippen LogP contribution in [-0.4, -0.2) is 38.5 Å². The van der Waals surface area contributed by atoms with Crippen LogP contribution in [0.5, 0.6) is 11.6 Å². The molecular weight excluding hydrogens is 526 g/mol. The number of methoxy groups -OCH3 is 2. The van der Waals surface area contributed by atoms with Gasteiger partial charge in [0, 0.05) is 33.8 Å². The second kappa shape index (κ2) is 10.2. The van der Waals surface area contributed by atoms with Gasteiger partial charge in [-0.05, 0) is 62.6 Å². The molecule has 208 valence electrons. The van der Waals surface area contributed by atoms with E-state index in [0.29, 0.717) is 34.5 Å². The van der Waals surface area contributed by atoms with Crippen molar-refractivity contribution in [1.82, 2.24) is 14.7 Å². The molecule has 0 bridgehead atoms. The number of benzene rings is 2. The van der Waals surface area contributed by atoms with Crippen LogP contribution in [0.15, 0.2) is 65.6 Å². The molecule has 0 radical (unpaired) electrons. The summed E-state index contributed by atoms with van der Waals surface area (Å²) in [7, 11) is -1.16. The van der Waals surface area contributed by atoms with E-state index in [2.05, 4.69) is 14.7 Å². The van der Waals surface area contributed by atoms with Crippen molar-refractivity contribution in [3.05, 3.63) is 88.7 Å². The number of amides is 1. The van der Waals surface area contributed by atoms with Gasteiger partial charge in [-0.15, -0.1) is 0 Å². The lowest BCUT2D eigenvalue weighted by Crippen LogP contribution is -2.40. The molecule has 40 heavy (non-hydrogen) atoms. The highest BCUT2D eigenvalue weighted by Gasteiger charge is 2.64. The Morgan fingerprint density at radius 1 is 1.00 bits per heavy atom. The average Bonchev–Trinajstić information content (AvgIpc) is 3.68. The second-order valence-electron chi connectivity index (χ2n) is 10.6. The first-order valence-electron chi connectivity index (χ1n) is 13.2. The molecule has 8 nitrogen and oxygen atoms in total. The van der Waals surface area contributed by atoms with Gasteiger partial charge in [-0.2, -0.15) is 0 Å². The molecule has 2 aromatic carbocycles. The molecule has 2 heterocycles. The number of aromatic nitrogens is 2. The van der Waals surface area contributed by atoms with Crippen molar-refractivity contribution in [1.29, 1.82) is 0 Å². The van der Waals surface area contributed by atoms with Crippen LogP contribution in [-0.2, 0) is 20.2 Å². The Morgan fingerprint density at radius 3 is 2.48 bits per heavy atom. The average molecular weight is 560 g/mol. The Kier molecular flexibility index (Phi) is 7.04. The van der Waals surface area contributed by atoms with Gasteiger partial charge in [-0.25, -0.2) is 18.1 Å². The summed E-state index contributed by atoms with van der Waals surface area (Å²) in [5.74, 6) is 0.121. The monoisotopic (exact) mass is 559 g/mol. The zero-order valence-electron chi connectivity index (χ0n) is 23.5. The fourth-order valence-electron chi connectivity index (χ4n) is 5.43. The van der Waals surface area contributed by atoms with E-state index in [0.717, 1.165) is 22.5 Å². The number of pyridine rings is 2. The van der Waals surface area contributed by atoms with Crippen molar-refractivity contribution in [3.63, 3.8) is 0 Å². The maximum absolute atomic E-state index is 14.2. The van der Waals surface area contributed by atoms with E-state index in [-0.39, 0.29) is 16.7 Å². The molecule has 1 fully saturated rings. The minimum absolute atomic E-state index is 0.00468. The molecule has 0 aliphatic heterocycles. The SMILES string of the molecule is COc1ccc(C)cc1C1(C(=O)NS(=O)(=O)c2cccc3nc(C)ccc23)CC1c1ccc(C(C)C)nc1OC. The number of ether oxygens (including phenoxy) is 2. The number of nitrogens with zero attached hydrogens (tertiary/aromatic N) is 2. The highest BCUT2D eigenvalue weighted by atomic mass is 32.2. The first-order chi connectivity index (χ1) is 19.0. The van der Waals surface area contributed by atoms with Crippen molar-refractivity contribution < 1.29 is 22.7 Å². The summed E-state index contributed by atoms with van der Waals surface area (Å²) in [6.07, 6.45) is 0.365. The van der Waals surface area contributed by atoms with E-state index in [1.165, 1.54) is 6.07 Å². The standard InChI is InChI=1S/C31H33N3O5S/c1-18(2)25-14-13-21(29(33-25)39-6)24-17-31(24,23-16-19(3)10-15-27(23)38-5)30(35)34-40(36,37)28-9-7-8-26-22(28)12-11-20(4)32-26/h7-16,18,24H,17H2,1-6H3,(H,34,35). The van der Waals surface area contributed by atoms with E-state index < -0.39 is 21.3 Å². The number of sulfonamides is 1. The van der Waals surface area contributed by atoms with Crippen LogP contribution in [0, 0.1) is 13.8 Å². The summed E-state index contributed by atoms with van der Waals surface area (Å²) in [5.41, 5.74) is 3.25. The lowest BCUT2D eigenvalue weighted by molar-refractivity contribution is -0.122. The Bertz CT molecular complexity index is 1730. The highest BCUT2D eigenvalue weighted by molar-refractivity contribution is 7.90. The number of carbonyl (C=O) groups is 1. The summed E-state index contributed by atoms with van der Waals surface area (Å²) < 4.78 is 41.2. The first kappa shape index (κ1) is 27.6. The van der Waals surface area contributed by atoms with Crippen molar-refractivity contribution in [2.75, 3.05) is 14.2 Å². The lowest BCUT2D eigenvalue weighted by Gasteiger charge is -2.22. The molecule has 1 saturated carbocycles. The van der Waals surface area contributed by atoms with E-state index in [1.807, 2.05) is 52.0 Å². The van der Waals surface area contributed by atoms with Gasteiger partial charge in [0.2, 0.25) is 11.8 Å². The van der Waals surface area contributed by atoms with Gasteiger partial charge in [0.25, 0.3) is 10.0 Å². The summed E-state index contributed by atoms with van der Waals surface area (Å²) in [6.45, 7) is 7.85. The van der Waals surface area contributed by atoms with Gasteiger partial charge >= 0.3 is 0 Å². The van der Waals surface area contributed by atoms with E-state index in [1.54, 1.807) is 44.6 Å². The normalized spacial score (nSPS) is 18.5. The number of aryl methyl sites for hydroxylation is 2. The molecule has 5 rings (SSSR count). The molecule has 0 spiro atoms. The number of rotatable bonds is 8. The Hall–Kier alpha value is -3.98. The summed E-state index contributed by atoms with van der Waals surface area (Å²) in [4.78, 5) is 23.3. The minimum Gasteiger partial charge on any atom is -0.496 e. The second-order valence-corrected chi connectivity index (χ2v) is 12.3. The fraction of sp³-hybridized carbons (Fsp3) is 0.323. The van der Waals surface area contributed by atoms with Gasteiger partial charge in [0.1, 0.15) is 5.75 Å². The van der Waals surface area contributed by atoms with Crippen molar-refractivity contribution in [2.45, 2.75) is 56.3 Å². The molecular formula is C31H33N3O5S. The van der Waals surface area contributed by atoms with Crippen LogP contribution in [0.2, 0.25) is 0 Å². The zero-order valence-corrected chi connectivity index (χ0v) is 24.3. The van der Waals surface area contributed by atoms with Crippen LogP contribution >= 0.6 is 0 Å². The summed E-state index contributed by atoms with van der Waals surface area (Å²) >= 11 is 0. The van der Waals surface area contributed by atoms with Gasteiger partial charge in [-0.1, -0.05) is 43.7 Å². The molecule has 2 atom stereocenters. The Morgan fingerprint density at radius 2 is 1.77 bits per heavy atom. The highest BCUT2D eigenvalue weighted by Crippen LogP contribution is 2.64. The molecule has 2 unspecified atom stereocenters. The number of hydrogen-bond acceptors (Lipinski definition) is 7. The fourth-order valence-corrected chi connectivity index (χ4v) is 6.68. The van der Waals surface area contributed by atoms with E-state index in [4.69, 9.17) is 9.47 Å². The molecule has 4 aromatic rings. The minimum atomic E-state index is -4.25. The number of nitrogens with one attached hydrogen (secondary N) is 1. The molecule has 2 aromatic heterocycles. The third-order valence-electron chi connectivity index (χ3n) is 7.62. The maximum Gasteiger partial charge on any atom is 0.264 e. The van der Waals surface area contributed by atoms with Crippen LogP contribution in [0.1, 0.15) is 60.2 Å². The molecule has 1 amide bonds. The smallest absolute Gasteiger partial charge is 0.264 e. The maximum atomic E-state index is 14.2. The molecule has 0 saturated heterocycles. The Balaban J connectivity index is 1.62. The largest absolute Gasteiger partial charge is 0.496 e. The molecule has 9 heteroatoms. The van der Waals surface area contributed by atoms with Gasteiger partial charge < -0.3 is 9.47 Å². The van der Waals surface area contributed by atoms with Gasteiger partial charge in [-0.3, -0.25) is 9.78 Å². The summed E-state index contributed by atoms with van der Waals surface area (Å²) in [5, 5.41) is 0.443. The summed E-state index contributed by atoms with van der Waals surface area (Å²) in [6, 6.07) is 17.8. The predicted octanol–water partition coefficient (Wildman–Crippen LogP) is 5.32.